The van der Waals surface area contributed by atoms with Crippen molar-refractivity contribution in [3.05, 3.63) is 12.7 Å². The third-order valence-corrected chi connectivity index (χ3v) is 2.62. The van der Waals surface area contributed by atoms with Gasteiger partial charge in [0.05, 0.1) is 5.92 Å². The van der Waals surface area contributed by atoms with Gasteiger partial charge in [0.15, 0.2) is 0 Å². The molecule has 1 N–H and O–H groups in total. The van der Waals surface area contributed by atoms with Crippen LogP contribution in [0, 0.1) is 17.2 Å². The summed E-state index contributed by atoms with van der Waals surface area (Å²) in [7, 11) is 1.35. The Morgan fingerprint density at radius 1 is 1.73 bits per heavy atom. The molecule has 0 aromatic rings. The quantitative estimate of drug-likeness (QED) is 0.302. The molecule has 0 aromatic carbocycles. The zero-order chi connectivity index (χ0) is 11.8. The van der Waals surface area contributed by atoms with Crippen molar-refractivity contribution in [2.45, 2.75) is 25.4 Å². The van der Waals surface area contributed by atoms with E-state index in [0.717, 1.165) is 0 Å². The molecule has 1 radical (unpaired) electrons. The van der Waals surface area contributed by atoms with Gasteiger partial charge in [0.2, 0.25) is 0 Å². The van der Waals surface area contributed by atoms with Crippen molar-refractivity contribution >= 4 is 32.3 Å². The minimum Gasteiger partial charge on any atom is -0.539 e. The van der Waals surface area contributed by atoms with Crippen LogP contribution in [0.2, 0.25) is 6.82 Å². The normalized spacial score (nSPS) is 15.9. The van der Waals surface area contributed by atoms with Gasteiger partial charge in [-0.15, -0.1) is 6.58 Å². The summed E-state index contributed by atoms with van der Waals surface area (Å²) in [6, 6.07) is 0. The number of hydrogen-bond donors (Lipinski definition) is 2. The highest BCUT2D eigenvalue weighted by Crippen LogP contribution is 2.20. The first-order chi connectivity index (χ1) is 7.06. The summed E-state index contributed by atoms with van der Waals surface area (Å²) < 4.78 is 4.84. The fourth-order valence-corrected chi connectivity index (χ4v) is 1.43. The smallest absolute Gasteiger partial charge is 0.370 e. The van der Waals surface area contributed by atoms with Crippen LogP contribution in [0.1, 0.15) is 13.3 Å². The van der Waals surface area contributed by atoms with E-state index in [1.165, 1.54) is 13.7 Å². The minimum atomic E-state index is -0.334. The van der Waals surface area contributed by atoms with Crippen LogP contribution in [0.5, 0.6) is 0 Å². The van der Waals surface area contributed by atoms with Crippen molar-refractivity contribution in [2.24, 2.45) is 11.8 Å². The molecule has 0 fully saturated rings. The lowest BCUT2D eigenvalue weighted by Gasteiger charge is -2.20. The largest absolute Gasteiger partial charge is 0.539 e. The Balaban J connectivity index is 4.49. The first-order valence-electron chi connectivity index (χ1n) is 4.86. The van der Waals surface area contributed by atoms with Gasteiger partial charge >= 0.3 is 7.48 Å². The highest BCUT2D eigenvalue weighted by atomic mass is 32.1. The van der Waals surface area contributed by atoms with Crippen LogP contribution in [0.3, 0.4) is 0 Å². The van der Waals surface area contributed by atoms with Crippen molar-refractivity contribution in [3.63, 3.8) is 0 Å². The number of rotatable bonds is 7. The van der Waals surface area contributed by atoms with Gasteiger partial charge in [-0.25, -0.2) is 0 Å². The van der Waals surface area contributed by atoms with E-state index in [1.54, 1.807) is 12.9 Å². The second-order valence-corrected chi connectivity index (χ2v) is 4.01. The maximum absolute atomic E-state index is 11.6. The monoisotopic (exact) mass is 226 g/mol. The molecule has 3 unspecified atom stereocenters. The summed E-state index contributed by atoms with van der Waals surface area (Å²) in [5, 5.41) is 7.12. The molecule has 0 aliphatic heterocycles. The molecule has 15 heavy (non-hydrogen) atoms. The topological polar surface area (TPSA) is 50.2 Å². The summed E-state index contributed by atoms with van der Waals surface area (Å²) in [5.41, 5.74) is 0. The first-order valence-corrected chi connectivity index (χ1v) is 5.38. The van der Waals surface area contributed by atoms with Gasteiger partial charge < -0.3 is 10.1 Å². The van der Waals surface area contributed by atoms with Gasteiger partial charge in [0.25, 0.3) is 5.97 Å². The Kier molecular flexibility index (Phi) is 7.21. The van der Waals surface area contributed by atoms with Crippen LogP contribution in [0.25, 0.3) is 0 Å². The summed E-state index contributed by atoms with van der Waals surface area (Å²) in [6.45, 7) is 7.08. The molecular formula is C10H17BNO2S. The third kappa shape index (κ3) is 5.07. The van der Waals surface area contributed by atoms with Gasteiger partial charge in [0, 0.05) is 11.2 Å². The lowest BCUT2D eigenvalue weighted by molar-refractivity contribution is -0.139. The lowest BCUT2D eigenvalue weighted by atomic mass is 9.89. The number of nitrogens with one attached hydrogen (secondary N) is 1. The Morgan fingerprint density at radius 2 is 2.33 bits per heavy atom. The standard InChI is InChI=1S/C10H17BNO2S/c1-4-8(15)5-9(7(2)6-12)10(13)14-11-3/h4,6-9,12,15H,1,5H2,2-3H3. The van der Waals surface area contributed by atoms with Gasteiger partial charge in [-0.05, 0) is 12.6 Å². The van der Waals surface area contributed by atoms with Crippen molar-refractivity contribution in [3.8, 4) is 0 Å². The van der Waals surface area contributed by atoms with Crippen molar-refractivity contribution < 1.29 is 9.45 Å². The molecule has 0 heterocycles. The average Bonchev–Trinajstić information content (AvgIpc) is 2.24. The van der Waals surface area contributed by atoms with E-state index in [-0.39, 0.29) is 23.1 Å². The van der Waals surface area contributed by atoms with Crippen LogP contribution in [-0.2, 0) is 9.45 Å². The van der Waals surface area contributed by atoms with Crippen molar-refractivity contribution in [1.82, 2.24) is 0 Å². The van der Waals surface area contributed by atoms with E-state index in [1.807, 2.05) is 6.92 Å². The molecule has 3 nitrogen and oxygen atoms in total. The van der Waals surface area contributed by atoms with E-state index < -0.39 is 0 Å². The van der Waals surface area contributed by atoms with Crippen LogP contribution in [0.15, 0.2) is 12.7 Å². The summed E-state index contributed by atoms with van der Waals surface area (Å²) in [5.74, 6) is -0.791. The number of carbonyl (C=O) groups is 1. The second kappa shape index (κ2) is 7.57. The van der Waals surface area contributed by atoms with E-state index >= 15 is 0 Å². The second-order valence-electron chi connectivity index (χ2n) is 3.34. The van der Waals surface area contributed by atoms with Gasteiger partial charge in [-0.1, -0.05) is 19.8 Å². The maximum atomic E-state index is 11.6. The highest BCUT2D eigenvalue weighted by Gasteiger charge is 2.26. The number of carbonyl (C=O) groups excluding carboxylic acids is 1. The Morgan fingerprint density at radius 3 is 2.73 bits per heavy atom. The molecule has 0 bridgehead atoms. The summed E-state index contributed by atoms with van der Waals surface area (Å²) in [6.07, 6.45) is 3.47. The molecule has 0 saturated carbocycles. The van der Waals surface area contributed by atoms with E-state index in [9.17, 15) is 4.79 Å². The number of hydrogen-bond acceptors (Lipinski definition) is 4. The fraction of sp³-hybridized carbons (Fsp3) is 0.600. The SMILES string of the molecule is C=CC(S)CC(C(=O)O[B]C)C(C)C=N. The predicted octanol–water partition coefficient (Wildman–Crippen LogP) is 1.97. The van der Waals surface area contributed by atoms with Crippen LogP contribution >= 0.6 is 12.6 Å². The lowest BCUT2D eigenvalue weighted by Crippen LogP contribution is -2.28. The Bertz CT molecular complexity index is 235. The van der Waals surface area contributed by atoms with Crippen LogP contribution in [-0.4, -0.2) is 24.9 Å². The first kappa shape index (κ1) is 14.3. The molecular weight excluding hydrogens is 209 g/mol. The summed E-state index contributed by atoms with van der Waals surface area (Å²) in [4.78, 5) is 11.6. The van der Waals surface area contributed by atoms with E-state index in [4.69, 9.17) is 10.1 Å². The molecule has 0 spiro atoms. The minimum absolute atomic E-state index is 0.0539. The average molecular weight is 226 g/mol. The Hall–Kier alpha value is -0.705. The summed E-state index contributed by atoms with van der Waals surface area (Å²) >= 11 is 4.25. The molecule has 0 aliphatic carbocycles. The molecule has 0 rings (SSSR count). The van der Waals surface area contributed by atoms with E-state index in [2.05, 4.69) is 19.2 Å². The van der Waals surface area contributed by atoms with Crippen LogP contribution in [0.4, 0.5) is 0 Å². The third-order valence-electron chi connectivity index (χ3n) is 2.20. The molecule has 0 aromatic heterocycles. The zero-order valence-corrected chi connectivity index (χ0v) is 10.0. The molecule has 0 aliphatic rings. The zero-order valence-electron chi connectivity index (χ0n) is 9.14. The van der Waals surface area contributed by atoms with Gasteiger partial charge in [-0.2, -0.15) is 12.6 Å². The van der Waals surface area contributed by atoms with E-state index in [0.29, 0.717) is 6.42 Å². The number of thiol groups is 1. The molecule has 83 valence electrons. The maximum Gasteiger partial charge on any atom is 0.370 e. The van der Waals surface area contributed by atoms with Gasteiger partial charge in [-0.3, -0.25) is 4.79 Å². The van der Waals surface area contributed by atoms with Crippen molar-refractivity contribution in [2.75, 3.05) is 0 Å². The molecule has 0 amide bonds. The molecule has 0 saturated heterocycles. The highest BCUT2D eigenvalue weighted by molar-refractivity contribution is 7.81. The molecule has 3 atom stereocenters. The molecule has 5 heteroatoms. The van der Waals surface area contributed by atoms with Crippen LogP contribution < -0.4 is 0 Å². The van der Waals surface area contributed by atoms with Crippen molar-refractivity contribution in [1.29, 1.82) is 5.41 Å². The predicted molar refractivity (Wildman–Crippen MR) is 66.7 cm³/mol. The van der Waals surface area contributed by atoms with Gasteiger partial charge in [0.1, 0.15) is 0 Å². The fourth-order valence-electron chi connectivity index (χ4n) is 1.20. The Labute approximate surface area is 97.5 Å².